The number of fused-ring (bicyclic) bond motifs is 1. The number of rotatable bonds is 3. The SMILES string of the molecule is Cc1ccc2oc(-c3nc(CC(C)C)no3)cc2n1. The first-order chi connectivity index (χ1) is 9.11. The van der Waals surface area contributed by atoms with E-state index in [1.165, 1.54) is 0 Å². The number of hydrogen-bond donors (Lipinski definition) is 0. The Morgan fingerprint density at radius 2 is 2.05 bits per heavy atom. The van der Waals surface area contributed by atoms with Crippen LogP contribution in [0.4, 0.5) is 0 Å². The number of hydrogen-bond acceptors (Lipinski definition) is 5. The Balaban J connectivity index is 1.97. The maximum atomic E-state index is 5.67. The maximum Gasteiger partial charge on any atom is 0.293 e. The lowest BCUT2D eigenvalue weighted by Crippen LogP contribution is -1.95. The van der Waals surface area contributed by atoms with Crippen LogP contribution in [0.25, 0.3) is 22.8 Å². The number of aromatic nitrogens is 3. The first-order valence-corrected chi connectivity index (χ1v) is 6.32. The lowest BCUT2D eigenvalue weighted by Gasteiger charge is -1.95. The molecule has 0 atom stereocenters. The van der Waals surface area contributed by atoms with Gasteiger partial charge in [0.15, 0.2) is 17.2 Å². The molecule has 0 aliphatic heterocycles. The zero-order chi connectivity index (χ0) is 13.4. The fourth-order valence-electron chi connectivity index (χ4n) is 1.93. The molecule has 0 amide bonds. The lowest BCUT2D eigenvalue weighted by atomic mass is 10.1. The topological polar surface area (TPSA) is 65.0 Å². The summed E-state index contributed by atoms with van der Waals surface area (Å²) in [7, 11) is 0. The molecule has 0 aliphatic rings. The van der Waals surface area contributed by atoms with Gasteiger partial charge in [-0.2, -0.15) is 4.98 Å². The molecule has 19 heavy (non-hydrogen) atoms. The predicted octanol–water partition coefficient (Wildman–Crippen LogP) is 3.38. The van der Waals surface area contributed by atoms with E-state index in [0.717, 1.165) is 23.2 Å². The third kappa shape index (κ3) is 2.36. The highest BCUT2D eigenvalue weighted by atomic mass is 16.5. The van der Waals surface area contributed by atoms with E-state index < -0.39 is 0 Å². The number of nitrogens with zero attached hydrogens (tertiary/aromatic N) is 3. The molecule has 0 saturated heterocycles. The minimum atomic E-state index is 0.409. The van der Waals surface area contributed by atoms with Gasteiger partial charge in [0.1, 0.15) is 5.52 Å². The van der Waals surface area contributed by atoms with Gasteiger partial charge in [-0.25, -0.2) is 4.98 Å². The van der Waals surface area contributed by atoms with Crippen molar-refractivity contribution in [3.63, 3.8) is 0 Å². The van der Waals surface area contributed by atoms with Crippen molar-refractivity contribution in [1.29, 1.82) is 0 Å². The highest BCUT2D eigenvalue weighted by Crippen LogP contribution is 2.25. The fraction of sp³-hybridized carbons (Fsp3) is 0.357. The second-order valence-electron chi connectivity index (χ2n) is 5.06. The van der Waals surface area contributed by atoms with Crippen molar-refractivity contribution in [2.24, 2.45) is 5.92 Å². The summed E-state index contributed by atoms with van der Waals surface area (Å²) in [5, 5.41) is 3.95. The second-order valence-corrected chi connectivity index (χ2v) is 5.06. The molecule has 5 heteroatoms. The summed E-state index contributed by atoms with van der Waals surface area (Å²) in [5.74, 6) is 2.17. The quantitative estimate of drug-likeness (QED) is 0.719. The summed E-state index contributed by atoms with van der Waals surface area (Å²) in [4.78, 5) is 8.73. The van der Waals surface area contributed by atoms with Gasteiger partial charge in [-0.15, -0.1) is 0 Å². The lowest BCUT2D eigenvalue weighted by molar-refractivity contribution is 0.408. The smallest absolute Gasteiger partial charge is 0.293 e. The van der Waals surface area contributed by atoms with Crippen LogP contribution < -0.4 is 0 Å². The van der Waals surface area contributed by atoms with E-state index in [9.17, 15) is 0 Å². The predicted molar refractivity (Wildman–Crippen MR) is 70.6 cm³/mol. The standard InChI is InChI=1S/C14H15N3O2/c1-8(2)6-13-16-14(19-17-13)12-7-10-11(18-12)5-4-9(3)15-10/h4-5,7-8H,6H2,1-3H3. The molecule has 0 aliphatic carbocycles. The molecule has 0 aromatic carbocycles. The van der Waals surface area contributed by atoms with E-state index in [4.69, 9.17) is 8.94 Å². The highest BCUT2D eigenvalue weighted by molar-refractivity contribution is 5.77. The van der Waals surface area contributed by atoms with Gasteiger partial charge < -0.3 is 8.94 Å². The first-order valence-electron chi connectivity index (χ1n) is 6.32. The number of aryl methyl sites for hydroxylation is 1. The number of furan rings is 1. The minimum absolute atomic E-state index is 0.409. The zero-order valence-corrected chi connectivity index (χ0v) is 11.2. The molecule has 5 nitrogen and oxygen atoms in total. The Hall–Kier alpha value is -2.17. The van der Waals surface area contributed by atoms with Crippen molar-refractivity contribution < 1.29 is 8.94 Å². The van der Waals surface area contributed by atoms with Gasteiger partial charge in [0, 0.05) is 18.2 Å². The summed E-state index contributed by atoms with van der Waals surface area (Å²) < 4.78 is 10.9. The third-order valence-electron chi connectivity index (χ3n) is 2.78. The van der Waals surface area contributed by atoms with Crippen LogP contribution in [0.2, 0.25) is 0 Å². The summed E-state index contributed by atoms with van der Waals surface area (Å²) in [6.45, 7) is 6.17. The van der Waals surface area contributed by atoms with E-state index in [-0.39, 0.29) is 0 Å². The second kappa shape index (κ2) is 4.50. The maximum absolute atomic E-state index is 5.67. The normalized spacial score (nSPS) is 11.6. The molecule has 3 rings (SSSR count). The van der Waals surface area contributed by atoms with Crippen LogP contribution in [0.1, 0.15) is 25.4 Å². The Bertz CT molecular complexity index is 712. The van der Waals surface area contributed by atoms with E-state index in [1.807, 2.05) is 25.1 Å². The number of pyridine rings is 1. The van der Waals surface area contributed by atoms with Crippen LogP contribution >= 0.6 is 0 Å². The van der Waals surface area contributed by atoms with Crippen molar-refractivity contribution in [2.75, 3.05) is 0 Å². The molecule has 0 saturated carbocycles. The van der Waals surface area contributed by atoms with Gasteiger partial charge in [-0.1, -0.05) is 19.0 Å². The van der Waals surface area contributed by atoms with Crippen molar-refractivity contribution >= 4 is 11.1 Å². The molecule has 0 bridgehead atoms. The van der Waals surface area contributed by atoms with Crippen LogP contribution in [0.15, 0.2) is 27.1 Å². The summed E-state index contributed by atoms with van der Waals surface area (Å²) >= 11 is 0. The van der Waals surface area contributed by atoms with E-state index >= 15 is 0 Å². The molecule has 3 heterocycles. The van der Waals surface area contributed by atoms with E-state index in [0.29, 0.717) is 23.4 Å². The minimum Gasteiger partial charge on any atom is -0.449 e. The summed E-state index contributed by atoms with van der Waals surface area (Å²) in [5.41, 5.74) is 2.48. The van der Waals surface area contributed by atoms with Crippen molar-refractivity contribution in [2.45, 2.75) is 27.2 Å². The van der Waals surface area contributed by atoms with Crippen LogP contribution in [-0.2, 0) is 6.42 Å². The van der Waals surface area contributed by atoms with Crippen molar-refractivity contribution in [3.8, 4) is 11.7 Å². The molecule has 0 unspecified atom stereocenters. The molecule has 3 aromatic heterocycles. The van der Waals surface area contributed by atoms with Crippen LogP contribution in [-0.4, -0.2) is 15.1 Å². The van der Waals surface area contributed by atoms with Crippen LogP contribution in [0.5, 0.6) is 0 Å². The van der Waals surface area contributed by atoms with Crippen molar-refractivity contribution in [1.82, 2.24) is 15.1 Å². The van der Waals surface area contributed by atoms with Crippen LogP contribution in [0, 0.1) is 12.8 Å². The monoisotopic (exact) mass is 257 g/mol. The molecule has 0 radical (unpaired) electrons. The Kier molecular flexibility index (Phi) is 2.81. The van der Waals surface area contributed by atoms with Crippen molar-refractivity contribution in [3.05, 3.63) is 29.7 Å². The third-order valence-corrected chi connectivity index (χ3v) is 2.78. The van der Waals surface area contributed by atoms with Gasteiger partial charge in [-0.05, 0) is 25.0 Å². The zero-order valence-electron chi connectivity index (χ0n) is 11.2. The van der Waals surface area contributed by atoms with Gasteiger partial charge >= 0.3 is 0 Å². The molecule has 0 spiro atoms. The first kappa shape index (κ1) is 11.9. The molecular weight excluding hydrogens is 242 g/mol. The average Bonchev–Trinajstić information content (AvgIpc) is 2.93. The summed E-state index contributed by atoms with van der Waals surface area (Å²) in [6.07, 6.45) is 0.793. The van der Waals surface area contributed by atoms with Gasteiger partial charge in [0.25, 0.3) is 5.89 Å². The summed E-state index contributed by atoms with van der Waals surface area (Å²) in [6, 6.07) is 5.63. The fourth-order valence-corrected chi connectivity index (χ4v) is 1.93. The van der Waals surface area contributed by atoms with E-state index in [2.05, 4.69) is 29.0 Å². The molecule has 98 valence electrons. The average molecular weight is 257 g/mol. The highest BCUT2D eigenvalue weighted by Gasteiger charge is 2.15. The van der Waals surface area contributed by atoms with E-state index in [1.54, 1.807) is 0 Å². The Morgan fingerprint density at radius 3 is 2.84 bits per heavy atom. The Labute approximate surface area is 110 Å². The largest absolute Gasteiger partial charge is 0.449 e. The van der Waals surface area contributed by atoms with Gasteiger partial charge in [0.05, 0.1) is 0 Å². The van der Waals surface area contributed by atoms with Crippen LogP contribution in [0.3, 0.4) is 0 Å². The molecule has 3 aromatic rings. The molecule has 0 N–H and O–H groups in total. The van der Waals surface area contributed by atoms with Gasteiger partial charge in [-0.3, -0.25) is 0 Å². The molecule has 0 fully saturated rings. The molecular formula is C14H15N3O2. The Morgan fingerprint density at radius 1 is 1.21 bits per heavy atom. The van der Waals surface area contributed by atoms with Gasteiger partial charge in [0.2, 0.25) is 0 Å².